The van der Waals surface area contributed by atoms with Crippen LogP contribution in [-0.4, -0.2) is 24.3 Å². The first-order chi connectivity index (χ1) is 12.8. The average Bonchev–Trinajstić information content (AvgIpc) is 2.61. The Morgan fingerprint density at radius 1 is 1.04 bits per heavy atom. The average molecular weight is 388 g/mol. The molecule has 0 unspecified atom stereocenters. The number of amides is 1. The molecule has 0 bridgehead atoms. The highest BCUT2D eigenvalue weighted by atomic mass is 32.2. The van der Waals surface area contributed by atoms with Crippen LogP contribution in [0.3, 0.4) is 0 Å². The van der Waals surface area contributed by atoms with Crippen molar-refractivity contribution in [3.63, 3.8) is 0 Å². The van der Waals surface area contributed by atoms with E-state index in [9.17, 15) is 13.2 Å². The zero-order valence-corrected chi connectivity index (χ0v) is 16.3. The molecule has 1 aliphatic carbocycles. The van der Waals surface area contributed by atoms with E-state index in [-0.39, 0.29) is 22.5 Å². The minimum absolute atomic E-state index is 0.00960. The molecule has 27 heavy (non-hydrogen) atoms. The molecule has 0 saturated heterocycles. The predicted octanol–water partition coefficient (Wildman–Crippen LogP) is 3.41. The van der Waals surface area contributed by atoms with Gasteiger partial charge in [-0.05, 0) is 51.0 Å². The molecular formula is C19H24N4O3S. The molecule has 0 atom stereocenters. The fourth-order valence-corrected chi connectivity index (χ4v) is 4.28. The van der Waals surface area contributed by atoms with Crippen molar-refractivity contribution in [1.29, 1.82) is 0 Å². The van der Waals surface area contributed by atoms with Gasteiger partial charge in [-0.3, -0.25) is 9.52 Å². The number of nitrogens with one attached hydrogen (secondary N) is 2. The summed E-state index contributed by atoms with van der Waals surface area (Å²) in [5, 5.41) is 2.88. The molecule has 0 spiro atoms. The molecule has 1 aromatic heterocycles. The lowest BCUT2D eigenvalue weighted by atomic mass is 9.88. The third-order valence-electron chi connectivity index (χ3n) is 4.61. The maximum atomic E-state index is 12.5. The fourth-order valence-electron chi connectivity index (χ4n) is 3.29. The second-order valence-corrected chi connectivity index (χ2v) is 8.58. The maximum Gasteiger partial charge on any atom is 0.263 e. The molecule has 1 amide bonds. The summed E-state index contributed by atoms with van der Waals surface area (Å²) in [6.45, 7) is 3.48. The van der Waals surface area contributed by atoms with Crippen molar-refractivity contribution < 1.29 is 13.2 Å². The Labute approximate surface area is 159 Å². The molecule has 1 saturated carbocycles. The fraction of sp³-hybridized carbons (Fsp3) is 0.421. The Balaban J connectivity index is 1.69. The summed E-state index contributed by atoms with van der Waals surface area (Å²) in [7, 11) is -3.77. The SMILES string of the molecule is Cc1cc(NS(=O)(=O)c2ccc(NC(=O)C3CCCCC3)cc2)nc(C)n1. The number of benzene rings is 1. The van der Waals surface area contributed by atoms with Gasteiger partial charge in [-0.25, -0.2) is 18.4 Å². The second kappa shape index (κ2) is 8.04. The minimum atomic E-state index is -3.77. The van der Waals surface area contributed by atoms with E-state index in [0.29, 0.717) is 17.2 Å². The number of rotatable bonds is 5. The van der Waals surface area contributed by atoms with Gasteiger partial charge in [-0.2, -0.15) is 0 Å². The molecule has 1 fully saturated rings. The standard InChI is InChI=1S/C19H24N4O3S/c1-13-12-18(21-14(2)20-13)23-27(25,26)17-10-8-16(9-11-17)22-19(24)15-6-4-3-5-7-15/h8-12,15H,3-7H2,1-2H3,(H,22,24)(H,20,21,23). The van der Waals surface area contributed by atoms with Crippen LogP contribution in [0.2, 0.25) is 0 Å². The molecule has 3 rings (SSSR count). The highest BCUT2D eigenvalue weighted by Crippen LogP contribution is 2.25. The Kier molecular flexibility index (Phi) is 5.74. The highest BCUT2D eigenvalue weighted by molar-refractivity contribution is 7.92. The van der Waals surface area contributed by atoms with Crippen molar-refractivity contribution in [2.75, 3.05) is 10.0 Å². The number of hydrogen-bond acceptors (Lipinski definition) is 5. The lowest BCUT2D eigenvalue weighted by molar-refractivity contribution is -0.120. The molecule has 2 N–H and O–H groups in total. The van der Waals surface area contributed by atoms with Crippen LogP contribution in [0, 0.1) is 19.8 Å². The van der Waals surface area contributed by atoms with Gasteiger partial charge in [0.1, 0.15) is 11.6 Å². The maximum absolute atomic E-state index is 12.5. The first-order valence-electron chi connectivity index (χ1n) is 9.09. The van der Waals surface area contributed by atoms with Crippen molar-refractivity contribution in [2.45, 2.75) is 50.8 Å². The summed E-state index contributed by atoms with van der Waals surface area (Å²) in [5.41, 5.74) is 1.28. The highest BCUT2D eigenvalue weighted by Gasteiger charge is 2.21. The third kappa shape index (κ3) is 5.03. The van der Waals surface area contributed by atoms with Gasteiger partial charge >= 0.3 is 0 Å². The van der Waals surface area contributed by atoms with Gasteiger partial charge in [0.05, 0.1) is 4.90 Å². The smallest absolute Gasteiger partial charge is 0.263 e. The molecular weight excluding hydrogens is 364 g/mol. The summed E-state index contributed by atoms with van der Waals surface area (Å²) in [6, 6.07) is 7.72. The van der Waals surface area contributed by atoms with Gasteiger partial charge in [0, 0.05) is 23.4 Å². The summed E-state index contributed by atoms with van der Waals surface area (Å²) in [5.74, 6) is 0.784. The number of sulfonamides is 1. The van der Waals surface area contributed by atoms with Crippen LogP contribution >= 0.6 is 0 Å². The van der Waals surface area contributed by atoms with Crippen molar-refractivity contribution >= 4 is 27.4 Å². The summed E-state index contributed by atoms with van der Waals surface area (Å²) in [4.78, 5) is 20.6. The summed E-state index contributed by atoms with van der Waals surface area (Å²) < 4.78 is 27.6. The van der Waals surface area contributed by atoms with Gasteiger partial charge in [0.2, 0.25) is 5.91 Å². The topological polar surface area (TPSA) is 101 Å². The van der Waals surface area contributed by atoms with Crippen LogP contribution in [0.5, 0.6) is 0 Å². The predicted molar refractivity (Wildman–Crippen MR) is 104 cm³/mol. The Hall–Kier alpha value is -2.48. The molecule has 2 aromatic rings. The van der Waals surface area contributed by atoms with Crippen LogP contribution in [0.1, 0.15) is 43.6 Å². The normalized spacial score (nSPS) is 15.3. The van der Waals surface area contributed by atoms with Crippen LogP contribution in [0.25, 0.3) is 0 Å². The Bertz CT molecular complexity index is 900. The lowest BCUT2D eigenvalue weighted by Crippen LogP contribution is -2.24. The number of aryl methyl sites for hydroxylation is 2. The monoisotopic (exact) mass is 388 g/mol. The number of carbonyl (C=O) groups is 1. The van der Waals surface area contributed by atoms with Crippen molar-refractivity contribution in [3.8, 4) is 0 Å². The Morgan fingerprint density at radius 2 is 1.70 bits per heavy atom. The molecule has 1 aliphatic rings. The quantitative estimate of drug-likeness (QED) is 0.817. The number of carbonyl (C=O) groups excluding carboxylic acids is 1. The van der Waals surface area contributed by atoms with Gasteiger partial charge in [0.15, 0.2) is 0 Å². The van der Waals surface area contributed by atoms with E-state index < -0.39 is 10.0 Å². The first kappa shape index (κ1) is 19.3. The summed E-state index contributed by atoms with van der Waals surface area (Å²) >= 11 is 0. The molecule has 1 heterocycles. The zero-order valence-electron chi connectivity index (χ0n) is 15.5. The minimum Gasteiger partial charge on any atom is -0.326 e. The largest absolute Gasteiger partial charge is 0.326 e. The van der Waals surface area contributed by atoms with E-state index in [1.54, 1.807) is 32.0 Å². The number of anilines is 2. The number of nitrogens with zero attached hydrogens (tertiary/aromatic N) is 2. The van der Waals surface area contributed by atoms with Gasteiger partial charge in [0.25, 0.3) is 10.0 Å². The first-order valence-corrected chi connectivity index (χ1v) is 10.6. The Morgan fingerprint density at radius 3 is 2.33 bits per heavy atom. The van der Waals surface area contributed by atoms with Gasteiger partial charge < -0.3 is 5.32 Å². The van der Waals surface area contributed by atoms with Gasteiger partial charge in [-0.1, -0.05) is 19.3 Å². The molecule has 0 aliphatic heterocycles. The third-order valence-corrected chi connectivity index (χ3v) is 5.98. The van der Waals surface area contributed by atoms with Gasteiger partial charge in [-0.15, -0.1) is 0 Å². The van der Waals surface area contributed by atoms with E-state index in [1.165, 1.54) is 18.6 Å². The molecule has 7 nitrogen and oxygen atoms in total. The van der Waals surface area contributed by atoms with E-state index >= 15 is 0 Å². The van der Waals surface area contributed by atoms with Crippen molar-refractivity contribution in [2.24, 2.45) is 5.92 Å². The molecule has 1 aromatic carbocycles. The van der Waals surface area contributed by atoms with E-state index in [0.717, 1.165) is 25.7 Å². The number of hydrogen-bond donors (Lipinski definition) is 2. The van der Waals surface area contributed by atoms with Crippen LogP contribution < -0.4 is 10.0 Å². The van der Waals surface area contributed by atoms with Crippen LogP contribution in [0.4, 0.5) is 11.5 Å². The van der Waals surface area contributed by atoms with Crippen molar-refractivity contribution in [3.05, 3.63) is 41.9 Å². The molecule has 144 valence electrons. The lowest BCUT2D eigenvalue weighted by Gasteiger charge is -2.20. The van der Waals surface area contributed by atoms with Crippen LogP contribution in [-0.2, 0) is 14.8 Å². The second-order valence-electron chi connectivity index (χ2n) is 6.90. The zero-order chi connectivity index (χ0) is 19.4. The number of aromatic nitrogens is 2. The van der Waals surface area contributed by atoms with Crippen LogP contribution in [0.15, 0.2) is 35.2 Å². The molecule has 8 heteroatoms. The summed E-state index contributed by atoms with van der Waals surface area (Å²) in [6.07, 6.45) is 5.19. The van der Waals surface area contributed by atoms with E-state index in [4.69, 9.17) is 0 Å². The van der Waals surface area contributed by atoms with E-state index in [1.807, 2.05) is 0 Å². The van der Waals surface area contributed by atoms with E-state index in [2.05, 4.69) is 20.0 Å². The molecule has 0 radical (unpaired) electrons. The van der Waals surface area contributed by atoms with Crippen molar-refractivity contribution in [1.82, 2.24) is 9.97 Å².